The Morgan fingerprint density at radius 1 is 1.00 bits per heavy atom. The third-order valence-electron chi connectivity index (χ3n) is 4.79. The minimum atomic E-state index is -0.146. The molecule has 146 valence electrons. The maximum atomic E-state index is 12.8. The predicted molar refractivity (Wildman–Crippen MR) is 117 cm³/mol. The number of anilines is 1. The van der Waals surface area contributed by atoms with Crippen molar-refractivity contribution in [2.75, 3.05) is 5.01 Å². The van der Waals surface area contributed by atoms with Crippen LogP contribution in [0.1, 0.15) is 23.6 Å². The Balaban J connectivity index is 1.47. The fourth-order valence-electron chi connectivity index (χ4n) is 3.17. The van der Waals surface area contributed by atoms with Crippen LogP contribution in [0.3, 0.4) is 0 Å². The first-order valence-electron chi connectivity index (χ1n) is 9.53. The van der Waals surface area contributed by atoms with Crippen LogP contribution in [-0.4, -0.2) is 11.6 Å². The summed E-state index contributed by atoms with van der Waals surface area (Å²) in [7, 11) is 0. The van der Waals surface area contributed by atoms with Crippen molar-refractivity contribution in [2.24, 2.45) is 5.10 Å². The van der Waals surface area contributed by atoms with Gasteiger partial charge in [-0.05, 0) is 48.9 Å². The van der Waals surface area contributed by atoms with Crippen LogP contribution in [-0.2, 0) is 11.4 Å². The largest absolute Gasteiger partial charge is 0.489 e. The van der Waals surface area contributed by atoms with Crippen molar-refractivity contribution >= 4 is 23.4 Å². The van der Waals surface area contributed by atoms with Gasteiger partial charge in [0.2, 0.25) is 0 Å². The molecule has 30 heavy (non-hydrogen) atoms. The zero-order valence-corrected chi connectivity index (χ0v) is 16.4. The van der Waals surface area contributed by atoms with Gasteiger partial charge in [0.15, 0.2) is 0 Å². The topological polar surface area (TPSA) is 65.7 Å². The van der Waals surface area contributed by atoms with Crippen LogP contribution in [0.2, 0.25) is 0 Å². The van der Waals surface area contributed by atoms with Crippen molar-refractivity contribution in [3.63, 3.8) is 0 Å². The summed E-state index contributed by atoms with van der Waals surface area (Å²) in [6.07, 6.45) is 1.83. The third-order valence-corrected chi connectivity index (χ3v) is 4.79. The van der Waals surface area contributed by atoms with Crippen LogP contribution in [0.25, 0.3) is 6.08 Å². The van der Waals surface area contributed by atoms with Gasteiger partial charge in [0.1, 0.15) is 12.4 Å². The second-order valence-corrected chi connectivity index (χ2v) is 6.82. The maximum Gasteiger partial charge on any atom is 0.280 e. The molecule has 0 N–H and O–H groups in total. The van der Waals surface area contributed by atoms with Gasteiger partial charge < -0.3 is 4.74 Å². The molecular weight excluding hydrogens is 374 g/mol. The zero-order valence-electron chi connectivity index (χ0n) is 16.4. The predicted octanol–water partition coefficient (Wildman–Crippen LogP) is 4.94. The van der Waals surface area contributed by atoms with Gasteiger partial charge in [0, 0.05) is 5.56 Å². The Morgan fingerprint density at radius 2 is 1.70 bits per heavy atom. The molecule has 0 bridgehead atoms. The minimum absolute atomic E-state index is 0.146. The number of amides is 1. The first-order valence-corrected chi connectivity index (χ1v) is 9.53. The van der Waals surface area contributed by atoms with Crippen LogP contribution in [0.5, 0.6) is 5.75 Å². The van der Waals surface area contributed by atoms with E-state index in [0.29, 0.717) is 29.2 Å². The van der Waals surface area contributed by atoms with Gasteiger partial charge in [0.25, 0.3) is 5.91 Å². The van der Waals surface area contributed by atoms with E-state index in [9.17, 15) is 4.79 Å². The van der Waals surface area contributed by atoms with Crippen molar-refractivity contribution in [2.45, 2.75) is 13.5 Å². The summed E-state index contributed by atoms with van der Waals surface area (Å²) in [4.78, 5) is 12.8. The van der Waals surface area contributed by atoms with E-state index in [2.05, 4.69) is 11.2 Å². The summed E-state index contributed by atoms with van der Waals surface area (Å²) in [6, 6.07) is 26.4. The molecule has 0 aliphatic carbocycles. The van der Waals surface area contributed by atoms with E-state index in [1.165, 1.54) is 5.01 Å². The number of benzene rings is 3. The second kappa shape index (κ2) is 8.46. The molecule has 0 radical (unpaired) electrons. The number of nitrogens with zero attached hydrogens (tertiary/aromatic N) is 3. The van der Waals surface area contributed by atoms with Gasteiger partial charge in [-0.15, -0.1) is 0 Å². The number of carbonyl (C=O) groups excluding carboxylic acids is 1. The summed E-state index contributed by atoms with van der Waals surface area (Å²) < 4.78 is 5.81. The number of ether oxygens (including phenoxy) is 1. The molecule has 1 aliphatic rings. The van der Waals surface area contributed by atoms with Crippen molar-refractivity contribution in [1.82, 2.24) is 0 Å². The summed E-state index contributed by atoms with van der Waals surface area (Å²) in [5, 5.41) is 15.0. The quantitative estimate of drug-likeness (QED) is 0.577. The maximum absolute atomic E-state index is 12.8. The normalized spacial score (nSPS) is 14.5. The highest BCUT2D eigenvalue weighted by molar-refractivity contribution is 6.32. The molecule has 1 aliphatic heterocycles. The lowest BCUT2D eigenvalue weighted by Crippen LogP contribution is -2.21. The second-order valence-electron chi connectivity index (χ2n) is 6.82. The standard InChI is InChI=1S/C25H19N3O2/c1-18-24(25(29)28(27-18)22-9-3-2-4-10-22)15-19-11-13-23(14-12-19)30-17-21-8-6-5-7-20(21)16-26/h2-15H,17H2,1H3/b24-15+. The van der Waals surface area contributed by atoms with Crippen molar-refractivity contribution in [3.8, 4) is 11.8 Å². The van der Waals surface area contributed by atoms with Gasteiger partial charge in [-0.2, -0.15) is 15.4 Å². The summed E-state index contributed by atoms with van der Waals surface area (Å²) in [6.45, 7) is 2.15. The smallest absolute Gasteiger partial charge is 0.280 e. The minimum Gasteiger partial charge on any atom is -0.489 e. The number of hydrogen-bond donors (Lipinski definition) is 0. The Kier molecular flexibility index (Phi) is 5.40. The van der Waals surface area contributed by atoms with Crippen molar-refractivity contribution in [1.29, 1.82) is 5.26 Å². The fraction of sp³-hybridized carbons (Fsp3) is 0.0800. The van der Waals surface area contributed by atoms with Crippen LogP contribution in [0.15, 0.2) is 89.5 Å². The number of nitriles is 1. The molecule has 0 saturated carbocycles. The molecule has 0 unspecified atom stereocenters. The molecule has 0 atom stereocenters. The summed E-state index contributed by atoms with van der Waals surface area (Å²) >= 11 is 0. The zero-order chi connectivity index (χ0) is 20.9. The van der Waals surface area contributed by atoms with Crippen molar-refractivity contribution in [3.05, 3.63) is 101 Å². The molecule has 0 fully saturated rings. The first kappa shape index (κ1) is 19.2. The number of para-hydroxylation sites is 1. The monoisotopic (exact) mass is 393 g/mol. The summed E-state index contributed by atoms with van der Waals surface area (Å²) in [5.41, 5.74) is 4.32. The van der Waals surface area contributed by atoms with Gasteiger partial charge in [-0.25, -0.2) is 0 Å². The average Bonchev–Trinajstić information content (AvgIpc) is 3.07. The van der Waals surface area contributed by atoms with E-state index in [1.807, 2.05) is 85.8 Å². The SMILES string of the molecule is CC1=NN(c2ccccc2)C(=O)/C1=C/c1ccc(OCc2ccccc2C#N)cc1. The molecule has 1 heterocycles. The van der Waals surface area contributed by atoms with E-state index in [1.54, 1.807) is 6.07 Å². The third kappa shape index (κ3) is 3.98. The molecule has 3 aromatic carbocycles. The number of carbonyl (C=O) groups is 1. The highest BCUT2D eigenvalue weighted by Gasteiger charge is 2.28. The van der Waals surface area contributed by atoms with Crippen LogP contribution in [0.4, 0.5) is 5.69 Å². The molecule has 5 heteroatoms. The lowest BCUT2D eigenvalue weighted by molar-refractivity contribution is -0.114. The number of hydrogen-bond acceptors (Lipinski definition) is 4. The van der Waals surface area contributed by atoms with Crippen LogP contribution in [0, 0.1) is 11.3 Å². The lowest BCUT2D eigenvalue weighted by atomic mass is 10.1. The molecule has 0 aromatic heterocycles. The Morgan fingerprint density at radius 3 is 2.43 bits per heavy atom. The highest BCUT2D eigenvalue weighted by Crippen LogP contribution is 2.25. The fourth-order valence-corrected chi connectivity index (χ4v) is 3.17. The Bertz CT molecular complexity index is 1170. The number of hydrazone groups is 1. The Hall–Kier alpha value is -4.17. The van der Waals surface area contributed by atoms with E-state index >= 15 is 0 Å². The Labute approximate surface area is 175 Å². The molecule has 1 amide bonds. The summed E-state index contributed by atoms with van der Waals surface area (Å²) in [5.74, 6) is 0.547. The van der Waals surface area contributed by atoms with Crippen LogP contribution >= 0.6 is 0 Å². The van der Waals surface area contributed by atoms with E-state index < -0.39 is 0 Å². The highest BCUT2D eigenvalue weighted by atomic mass is 16.5. The van der Waals surface area contributed by atoms with E-state index in [4.69, 9.17) is 10.00 Å². The van der Waals surface area contributed by atoms with Gasteiger partial charge in [-0.3, -0.25) is 4.79 Å². The van der Waals surface area contributed by atoms with E-state index in [0.717, 1.165) is 16.8 Å². The molecule has 4 rings (SSSR count). The van der Waals surface area contributed by atoms with Gasteiger partial charge in [-0.1, -0.05) is 48.5 Å². The molecule has 5 nitrogen and oxygen atoms in total. The lowest BCUT2D eigenvalue weighted by Gasteiger charge is -2.11. The molecular formula is C25H19N3O2. The first-order chi connectivity index (χ1) is 14.7. The molecule has 0 saturated heterocycles. The van der Waals surface area contributed by atoms with Crippen molar-refractivity contribution < 1.29 is 9.53 Å². The van der Waals surface area contributed by atoms with E-state index in [-0.39, 0.29) is 5.91 Å². The van der Waals surface area contributed by atoms with Gasteiger partial charge in [0.05, 0.1) is 28.6 Å². The molecule has 3 aromatic rings. The van der Waals surface area contributed by atoms with Crippen LogP contribution < -0.4 is 9.75 Å². The average molecular weight is 393 g/mol. The van der Waals surface area contributed by atoms with Gasteiger partial charge >= 0.3 is 0 Å². The number of rotatable bonds is 5. The molecule has 0 spiro atoms.